The van der Waals surface area contributed by atoms with Crippen LogP contribution < -0.4 is 5.32 Å². The standard InChI is InChI=1S/C17H25N3O3/c1-13(16(21)18-14-5-2-3-6-14)19-8-10-20(11-9-19)17(22)15-7-4-12-23-15/h4,7,12-14H,2-3,5-6,8-11H2,1H3,(H,18,21). The summed E-state index contributed by atoms with van der Waals surface area (Å²) < 4.78 is 5.17. The van der Waals surface area contributed by atoms with E-state index < -0.39 is 0 Å². The van der Waals surface area contributed by atoms with Crippen molar-refractivity contribution in [3.05, 3.63) is 24.2 Å². The zero-order valence-corrected chi connectivity index (χ0v) is 13.7. The van der Waals surface area contributed by atoms with Gasteiger partial charge in [-0.05, 0) is 31.9 Å². The third-order valence-corrected chi connectivity index (χ3v) is 4.96. The minimum absolute atomic E-state index is 0.0716. The molecule has 1 N–H and O–H groups in total. The largest absolute Gasteiger partial charge is 0.459 e. The minimum atomic E-state index is -0.142. The van der Waals surface area contributed by atoms with E-state index in [9.17, 15) is 9.59 Å². The third kappa shape index (κ3) is 3.75. The van der Waals surface area contributed by atoms with E-state index in [1.54, 1.807) is 17.0 Å². The van der Waals surface area contributed by atoms with Crippen LogP contribution in [0.1, 0.15) is 43.2 Å². The van der Waals surface area contributed by atoms with Crippen molar-refractivity contribution in [3.8, 4) is 0 Å². The number of nitrogens with zero attached hydrogens (tertiary/aromatic N) is 2. The summed E-state index contributed by atoms with van der Waals surface area (Å²) in [4.78, 5) is 28.5. The fraction of sp³-hybridized carbons (Fsp3) is 0.647. The Morgan fingerprint density at radius 1 is 1.22 bits per heavy atom. The lowest BCUT2D eigenvalue weighted by Crippen LogP contribution is -2.55. The van der Waals surface area contributed by atoms with Gasteiger partial charge in [0.25, 0.3) is 5.91 Å². The molecular weight excluding hydrogens is 294 g/mol. The summed E-state index contributed by atoms with van der Waals surface area (Å²) in [6.07, 6.45) is 6.15. The zero-order chi connectivity index (χ0) is 16.2. The van der Waals surface area contributed by atoms with Gasteiger partial charge in [-0.3, -0.25) is 14.5 Å². The van der Waals surface area contributed by atoms with Crippen LogP contribution in [-0.2, 0) is 4.79 Å². The van der Waals surface area contributed by atoms with Crippen LogP contribution in [0.5, 0.6) is 0 Å². The van der Waals surface area contributed by atoms with Gasteiger partial charge in [-0.2, -0.15) is 0 Å². The van der Waals surface area contributed by atoms with E-state index in [0.717, 1.165) is 12.8 Å². The summed E-state index contributed by atoms with van der Waals surface area (Å²) in [5, 5.41) is 3.16. The summed E-state index contributed by atoms with van der Waals surface area (Å²) >= 11 is 0. The number of hydrogen-bond donors (Lipinski definition) is 1. The SMILES string of the molecule is CC(C(=O)NC1CCCC1)N1CCN(C(=O)c2ccco2)CC1. The van der Waals surface area contributed by atoms with Crippen molar-refractivity contribution in [1.82, 2.24) is 15.1 Å². The van der Waals surface area contributed by atoms with E-state index in [4.69, 9.17) is 4.42 Å². The van der Waals surface area contributed by atoms with E-state index in [0.29, 0.717) is 38.0 Å². The molecule has 1 aromatic heterocycles. The number of rotatable bonds is 4. The highest BCUT2D eigenvalue weighted by Crippen LogP contribution is 2.18. The minimum Gasteiger partial charge on any atom is -0.459 e. The van der Waals surface area contributed by atoms with Crippen molar-refractivity contribution in [3.63, 3.8) is 0 Å². The van der Waals surface area contributed by atoms with Crippen molar-refractivity contribution in [2.45, 2.75) is 44.7 Å². The first-order valence-corrected chi connectivity index (χ1v) is 8.52. The molecule has 1 aliphatic heterocycles. The van der Waals surface area contributed by atoms with Gasteiger partial charge >= 0.3 is 0 Å². The molecule has 126 valence electrons. The lowest BCUT2D eigenvalue weighted by Gasteiger charge is -2.37. The molecule has 2 amide bonds. The molecule has 1 atom stereocenters. The van der Waals surface area contributed by atoms with Crippen LogP contribution in [0.4, 0.5) is 0 Å². The van der Waals surface area contributed by atoms with Crippen LogP contribution >= 0.6 is 0 Å². The van der Waals surface area contributed by atoms with Gasteiger partial charge in [0.1, 0.15) is 0 Å². The lowest BCUT2D eigenvalue weighted by molar-refractivity contribution is -0.127. The Morgan fingerprint density at radius 3 is 2.52 bits per heavy atom. The number of piperazine rings is 1. The molecule has 6 heteroatoms. The van der Waals surface area contributed by atoms with Gasteiger partial charge in [-0.15, -0.1) is 0 Å². The van der Waals surface area contributed by atoms with Crippen LogP contribution in [0, 0.1) is 0 Å². The van der Waals surface area contributed by atoms with Crippen LogP contribution in [-0.4, -0.2) is 59.9 Å². The van der Waals surface area contributed by atoms with Gasteiger partial charge in [0, 0.05) is 32.2 Å². The maximum atomic E-state index is 12.4. The quantitative estimate of drug-likeness (QED) is 0.913. The molecule has 1 aliphatic carbocycles. The van der Waals surface area contributed by atoms with Gasteiger partial charge in [0.15, 0.2) is 5.76 Å². The van der Waals surface area contributed by atoms with Crippen molar-refractivity contribution in [2.24, 2.45) is 0 Å². The molecule has 2 heterocycles. The van der Waals surface area contributed by atoms with Gasteiger partial charge in [-0.25, -0.2) is 0 Å². The molecule has 0 spiro atoms. The van der Waals surface area contributed by atoms with E-state index in [1.807, 2.05) is 6.92 Å². The molecule has 0 radical (unpaired) electrons. The number of carbonyl (C=O) groups excluding carboxylic acids is 2. The Labute approximate surface area is 136 Å². The maximum absolute atomic E-state index is 12.4. The Bertz CT molecular complexity index is 529. The van der Waals surface area contributed by atoms with Gasteiger partial charge < -0.3 is 14.6 Å². The van der Waals surface area contributed by atoms with Crippen molar-refractivity contribution < 1.29 is 14.0 Å². The third-order valence-electron chi connectivity index (χ3n) is 4.96. The van der Waals surface area contributed by atoms with Crippen LogP contribution in [0.15, 0.2) is 22.8 Å². The lowest BCUT2D eigenvalue weighted by atomic mass is 10.2. The Balaban J connectivity index is 1.48. The second kappa shape index (κ2) is 7.17. The molecule has 1 saturated carbocycles. The highest BCUT2D eigenvalue weighted by atomic mass is 16.3. The number of furan rings is 1. The topological polar surface area (TPSA) is 65.8 Å². The Kier molecular flexibility index (Phi) is 5.00. The molecule has 2 aliphatic rings. The first kappa shape index (κ1) is 16.1. The summed E-state index contributed by atoms with van der Waals surface area (Å²) in [5.41, 5.74) is 0. The number of nitrogens with one attached hydrogen (secondary N) is 1. The molecule has 1 unspecified atom stereocenters. The Morgan fingerprint density at radius 2 is 1.91 bits per heavy atom. The average molecular weight is 319 g/mol. The highest BCUT2D eigenvalue weighted by molar-refractivity contribution is 5.91. The molecular formula is C17H25N3O3. The predicted octanol–water partition coefficient (Wildman–Crippen LogP) is 1.48. The Hall–Kier alpha value is -1.82. The molecule has 6 nitrogen and oxygen atoms in total. The van der Waals surface area contributed by atoms with Crippen LogP contribution in [0.25, 0.3) is 0 Å². The van der Waals surface area contributed by atoms with E-state index >= 15 is 0 Å². The molecule has 0 bridgehead atoms. The summed E-state index contributed by atoms with van der Waals surface area (Å²) in [6.45, 7) is 4.63. The maximum Gasteiger partial charge on any atom is 0.289 e. The fourth-order valence-corrected chi connectivity index (χ4v) is 3.43. The molecule has 1 aromatic rings. The van der Waals surface area contributed by atoms with Crippen molar-refractivity contribution in [2.75, 3.05) is 26.2 Å². The van der Waals surface area contributed by atoms with Gasteiger partial charge in [0.2, 0.25) is 5.91 Å². The highest BCUT2D eigenvalue weighted by Gasteiger charge is 2.29. The summed E-state index contributed by atoms with van der Waals surface area (Å²) in [7, 11) is 0. The molecule has 0 aromatic carbocycles. The van der Waals surface area contributed by atoms with Gasteiger partial charge in [-0.1, -0.05) is 12.8 Å². The molecule has 23 heavy (non-hydrogen) atoms. The van der Waals surface area contributed by atoms with Gasteiger partial charge in [0.05, 0.1) is 12.3 Å². The van der Waals surface area contributed by atoms with E-state index in [2.05, 4.69) is 10.2 Å². The normalized spacial score (nSPS) is 21.3. The first-order valence-electron chi connectivity index (χ1n) is 8.52. The number of carbonyl (C=O) groups is 2. The number of amides is 2. The van der Waals surface area contributed by atoms with Crippen LogP contribution in [0.2, 0.25) is 0 Å². The first-order chi connectivity index (χ1) is 11.1. The van der Waals surface area contributed by atoms with Crippen molar-refractivity contribution >= 4 is 11.8 Å². The second-order valence-electron chi connectivity index (χ2n) is 6.47. The molecule has 1 saturated heterocycles. The monoisotopic (exact) mass is 319 g/mol. The predicted molar refractivity (Wildman–Crippen MR) is 86.0 cm³/mol. The molecule has 2 fully saturated rings. The smallest absolute Gasteiger partial charge is 0.289 e. The summed E-state index contributed by atoms with van der Waals surface area (Å²) in [6, 6.07) is 3.62. The molecule has 3 rings (SSSR count). The second-order valence-corrected chi connectivity index (χ2v) is 6.47. The average Bonchev–Trinajstić information content (AvgIpc) is 3.27. The van der Waals surface area contributed by atoms with Crippen molar-refractivity contribution in [1.29, 1.82) is 0 Å². The summed E-state index contributed by atoms with van der Waals surface area (Å²) in [5.74, 6) is 0.422. The zero-order valence-electron chi connectivity index (χ0n) is 13.7. The van der Waals surface area contributed by atoms with Crippen LogP contribution in [0.3, 0.4) is 0 Å². The van der Waals surface area contributed by atoms with E-state index in [1.165, 1.54) is 19.1 Å². The van der Waals surface area contributed by atoms with E-state index in [-0.39, 0.29) is 17.9 Å². The fourth-order valence-electron chi connectivity index (χ4n) is 3.43. The number of hydrogen-bond acceptors (Lipinski definition) is 4.